The van der Waals surface area contributed by atoms with E-state index in [1.54, 1.807) is 0 Å². The quantitative estimate of drug-likeness (QED) is 0.404. The third-order valence-corrected chi connectivity index (χ3v) is 5.86. The van der Waals surface area contributed by atoms with Crippen LogP contribution in [-0.2, 0) is 4.46 Å². The zero-order valence-electron chi connectivity index (χ0n) is 7.47. The van der Waals surface area contributed by atoms with Gasteiger partial charge in [-0.3, -0.25) is 4.46 Å². The molecule has 96 valence electrons. The van der Waals surface area contributed by atoms with Crippen molar-refractivity contribution in [1.82, 2.24) is 0 Å². The van der Waals surface area contributed by atoms with Gasteiger partial charge in [0.1, 0.15) is 0 Å². The molecule has 0 aromatic heterocycles. The predicted molar refractivity (Wildman–Crippen MR) is 67.6 cm³/mol. The minimum absolute atomic E-state index is 0.437. The fourth-order valence-corrected chi connectivity index (χ4v) is 3.38. The van der Waals surface area contributed by atoms with Crippen molar-refractivity contribution in [3.8, 4) is 0 Å². The van der Waals surface area contributed by atoms with E-state index >= 15 is 0 Å². The lowest BCUT2D eigenvalue weighted by molar-refractivity contribution is 0.390. The third-order valence-electron chi connectivity index (χ3n) is 1.83. The number of halogens is 7. The van der Waals surface area contributed by atoms with Crippen molar-refractivity contribution in [3.63, 3.8) is 0 Å². The Hall–Kier alpha value is 1.49. The summed E-state index contributed by atoms with van der Waals surface area (Å²) >= 11 is 35.3. The molecule has 0 bridgehead atoms. The summed E-state index contributed by atoms with van der Waals surface area (Å²) in [6, 6.07) is 0. The summed E-state index contributed by atoms with van der Waals surface area (Å²) in [5.74, 6) is 0. The van der Waals surface area contributed by atoms with Crippen molar-refractivity contribution in [2.24, 2.45) is 0 Å². The lowest BCUT2D eigenvalue weighted by Crippen LogP contribution is -2.52. The fraction of sp³-hybridized carbons (Fsp3) is 1.00. The molecule has 1 aliphatic carbocycles. The Morgan fingerprint density at radius 3 is 0.875 bits per heavy atom. The van der Waals surface area contributed by atoms with E-state index in [1.165, 1.54) is 0 Å². The fourth-order valence-electron chi connectivity index (χ4n) is 1.05. The molecule has 0 spiro atoms. The minimum Gasteiger partial charge on any atom is -0.517 e. The summed E-state index contributed by atoms with van der Waals surface area (Å²) in [5, 5.41) is -2.62. The predicted octanol–water partition coefficient (Wildman–Crippen LogP) is 3.01. The summed E-state index contributed by atoms with van der Waals surface area (Å²) in [6.07, 6.45) is 0. The lowest BCUT2D eigenvalue weighted by Gasteiger charge is -2.37. The molecule has 0 atom stereocenters. The average Bonchev–Trinajstić information content (AvgIpc) is 2.20. The molecule has 0 unspecified atom stereocenters. The van der Waals surface area contributed by atoms with E-state index < -0.39 is 41.5 Å². The van der Waals surface area contributed by atoms with Crippen molar-refractivity contribution in [2.45, 2.75) is 32.3 Å². The molecule has 2 nitrogen and oxygen atoms in total. The van der Waals surface area contributed by atoms with Crippen LogP contribution < -0.4 is 0 Å². The first kappa shape index (κ1) is 17.5. The Kier molecular flexibility index (Phi) is 8.55. The van der Waals surface area contributed by atoms with Crippen LogP contribution >= 0.6 is 69.6 Å². The van der Waals surface area contributed by atoms with Gasteiger partial charge < -0.3 is 4.80 Å². The first-order valence-corrected chi connectivity index (χ1v) is 7.78. The number of hydrogen-bond acceptors (Lipinski definition) is 1. The second-order valence-electron chi connectivity index (χ2n) is 2.92. The lowest BCUT2D eigenvalue weighted by atomic mass is 9.97. The maximum absolute atomic E-state index is 10.1. The van der Waals surface area contributed by atoms with Crippen LogP contribution in [0.3, 0.4) is 0 Å². The van der Waals surface area contributed by atoms with E-state index in [1.807, 2.05) is 0 Å². The molecule has 0 amide bonds. The second kappa shape index (κ2) is 7.82. The summed E-state index contributed by atoms with van der Waals surface area (Å²) in [5.41, 5.74) is 0. The van der Waals surface area contributed by atoms with Crippen LogP contribution in [0.2, 0.25) is 0 Å². The summed E-state index contributed by atoms with van der Waals surface area (Å²) in [4.78, 5) is 6.94. The molecule has 0 radical (unpaired) electrons. The number of rotatable bonds is 0. The van der Waals surface area contributed by atoms with Crippen LogP contribution in [-0.4, -0.2) is 46.3 Å². The van der Waals surface area contributed by atoms with Crippen LogP contribution in [0.15, 0.2) is 0 Å². The van der Waals surface area contributed by atoms with Gasteiger partial charge in [0.25, 0.3) is 0 Å². The van der Waals surface area contributed by atoms with Gasteiger partial charge in [-0.05, 0) is 0 Å². The maximum Gasteiger partial charge on any atom is 0.734 e. The Balaban J connectivity index is 0.000000487. The van der Waals surface area contributed by atoms with Crippen LogP contribution in [0.1, 0.15) is 0 Å². The molecule has 1 rings (SSSR count). The van der Waals surface area contributed by atoms with E-state index in [9.17, 15) is 4.11 Å². The maximum atomic E-state index is 10.1. The van der Waals surface area contributed by atoms with E-state index in [4.69, 9.17) is 78.9 Å². The van der Waals surface area contributed by atoms with Gasteiger partial charge in [-0.15, -0.1) is 69.6 Å². The van der Waals surface area contributed by atoms with Gasteiger partial charge in [0.05, 0.1) is 32.3 Å². The van der Waals surface area contributed by atoms with Gasteiger partial charge in [0.15, 0.2) is 0 Å². The summed E-state index contributed by atoms with van der Waals surface area (Å²) in [6.45, 7) is 0. The van der Waals surface area contributed by atoms with Gasteiger partial charge in [0.2, 0.25) is 0 Å². The van der Waals surface area contributed by atoms with E-state index in [2.05, 4.69) is 0 Å². The van der Waals surface area contributed by atoms with Crippen LogP contribution in [0, 0.1) is 0 Å². The Bertz CT molecular complexity index is 185. The molecular formula is C6H7Cl6FO2Si. The topological polar surface area (TPSA) is 37.3 Å². The normalized spacial score (nSPS) is 43.2. The van der Waals surface area contributed by atoms with Crippen molar-refractivity contribution in [2.75, 3.05) is 0 Å². The van der Waals surface area contributed by atoms with E-state index in [0.29, 0.717) is 0 Å². The van der Waals surface area contributed by atoms with Gasteiger partial charge in [0, 0.05) is 0 Å². The highest BCUT2D eigenvalue weighted by molar-refractivity contribution is 6.45. The average molecular weight is 371 g/mol. The standard InChI is InChI=1S/C6H6Cl6.FHO2Si/c7-1-2(8)4(10)6(12)5(11)3(1)9;1-4(2)3/h1-6H;2H/t1-,2-,3-,4+,5+,6+;. The number of alkyl halides is 6. The SMILES string of the molecule is Cl[C@H]1[C@H](Cl)[C@@H](Cl)[C@@H](Cl)[C@H](Cl)[C@H]1Cl.O=[Si](O)F. The molecule has 0 saturated heterocycles. The molecule has 1 aliphatic rings. The minimum atomic E-state index is -3.63. The van der Waals surface area contributed by atoms with E-state index in [-0.39, 0.29) is 0 Å². The highest BCUT2D eigenvalue weighted by Gasteiger charge is 2.46. The summed E-state index contributed by atoms with van der Waals surface area (Å²) < 4.78 is 18.6. The van der Waals surface area contributed by atoms with Gasteiger partial charge in [-0.25, -0.2) is 0 Å². The molecule has 0 aromatic rings. The van der Waals surface area contributed by atoms with Crippen molar-refractivity contribution in [3.05, 3.63) is 0 Å². The molecule has 16 heavy (non-hydrogen) atoms. The van der Waals surface area contributed by atoms with Gasteiger partial charge in [-0.1, -0.05) is 0 Å². The smallest absolute Gasteiger partial charge is 0.517 e. The Morgan fingerprint density at radius 2 is 0.812 bits per heavy atom. The Labute approximate surface area is 124 Å². The number of hydrogen-bond donors (Lipinski definition) is 1. The van der Waals surface area contributed by atoms with Crippen LogP contribution in [0.4, 0.5) is 4.11 Å². The van der Waals surface area contributed by atoms with Crippen LogP contribution in [0.25, 0.3) is 0 Å². The first-order chi connectivity index (χ1) is 7.20. The molecule has 0 aliphatic heterocycles. The molecule has 0 aromatic carbocycles. The third kappa shape index (κ3) is 5.00. The van der Waals surface area contributed by atoms with E-state index in [0.717, 1.165) is 0 Å². The molecule has 1 saturated carbocycles. The van der Waals surface area contributed by atoms with Crippen molar-refractivity contribution >= 4 is 78.9 Å². The Morgan fingerprint density at radius 1 is 0.750 bits per heavy atom. The van der Waals surface area contributed by atoms with Crippen molar-refractivity contribution in [1.29, 1.82) is 0 Å². The van der Waals surface area contributed by atoms with Gasteiger partial charge >= 0.3 is 9.26 Å². The molecule has 0 heterocycles. The largest absolute Gasteiger partial charge is 0.734 e. The highest BCUT2D eigenvalue weighted by atomic mass is 35.5. The monoisotopic (exact) mass is 368 g/mol. The van der Waals surface area contributed by atoms with Crippen LogP contribution in [0.5, 0.6) is 0 Å². The highest BCUT2D eigenvalue weighted by Crippen LogP contribution is 2.39. The van der Waals surface area contributed by atoms with Crippen molar-refractivity contribution < 1.29 is 13.4 Å². The zero-order valence-corrected chi connectivity index (χ0v) is 13.0. The molecule has 1 N–H and O–H groups in total. The zero-order chi connectivity index (χ0) is 13.0. The summed E-state index contributed by atoms with van der Waals surface area (Å²) in [7, 11) is -3.63. The second-order valence-corrected chi connectivity index (χ2v) is 6.45. The first-order valence-electron chi connectivity index (χ1n) is 3.93. The molecular weight excluding hydrogens is 364 g/mol. The van der Waals surface area contributed by atoms with Gasteiger partial charge in [-0.2, -0.15) is 4.11 Å². The molecule has 10 heteroatoms. The molecule has 1 fully saturated rings.